The molecular formula is C31H40ClF3N4O4S. The summed E-state index contributed by atoms with van der Waals surface area (Å²) in [6.07, 6.45) is -1.68. The maximum atomic E-state index is 13.2. The van der Waals surface area contributed by atoms with Gasteiger partial charge < -0.3 is 15.5 Å². The number of hydrogen-bond acceptors (Lipinski definition) is 5. The number of rotatable bonds is 12. The molecule has 0 bridgehead atoms. The molecule has 8 nitrogen and oxygen atoms in total. The summed E-state index contributed by atoms with van der Waals surface area (Å²) in [6.45, 7) is 8.89. The fourth-order valence-corrected chi connectivity index (χ4v) is 6.66. The number of carbonyl (C=O) groups is 2. The zero-order chi connectivity index (χ0) is 32.7. The van der Waals surface area contributed by atoms with Crippen LogP contribution in [0.5, 0.6) is 0 Å². The number of allylic oxidation sites excluding steroid dienone is 2. The smallest absolute Gasteiger partial charge is 0.369 e. The van der Waals surface area contributed by atoms with Gasteiger partial charge in [0.1, 0.15) is 0 Å². The Bertz CT molecular complexity index is 1460. The Balaban J connectivity index is 1.49. The highest BCUT2D eigenvalue weighted by Gasteiger charge is 2.33. The van der Waals surface area contributed by atoms with Gasteiger partial charge in [0.2, 0.25) is 10.0 Å². The van der Waals surface area contributed by atoms with Crippen LogP contribution in [0.25, 0.3) is 0 Å². The van der Waals surface area contributed by atoms with Gasteiger partial charge in [-0.3, -0.25) is 4.79 Å². The van der Waals surface area contributed by atoms with Crippen LogP contribution in [-0.2, 0) is 21.0 Å². The van der Waals surface area contributed by atoms with Crippen LogP contribution in [-0.4, -0.2) is 57.3 Å². The summed E-state index contributed by atoms with van der Waals surface area (Å²) in [5, 5.41) is 5.45. The van der Waals surface area contributed by atoms with E-state index < -0.39 is 27.8 Å². The number of anilines is 2. The van der Waals surface area contributed by atoms with E-state index in [-0.39, 0.29) is 53.5 Å². The van der Waals surface area contributed by atoms with E-state index in [9.17, 15) is 31.2 Å². The van der Waals surface area contributed by atoms with Crippen LogP contribution < -0.4 is 15.5 Å². The molecule has 1 aliphatic rings. The lowest BCUT2D eigenvalue weighted by Gasteiger charge is -2.35. The van der Waals surface area contributed by atoms with Gasteiger partial charge in [0.15, 0.2) is 5.78 Å². The number of nitrogens with zero attached hydrogens (tertiary/aromatic N) is 2. The molecule has 0 radical (unpaired) electrons. The van der Waals surface area contributed by atoms with Crippen molar-refractivity contribution in [3.8, 4) is 0 Å². The molecule has 2 aromatic rings. The largest absolute Gasteiger partial charge is 0.416 e. The van der Waals surface area contributed by atoms with E-state index >= 15 is 0 Å². The number of carbonyl (C=O) groups excluding carboxylic acids is 2. The number of ketones is 1. The third-order valence-corrected chi connectivity index (χ3v) is 9.81. The second kappa shape index (κ2) is 15.3. The Morgan fingerprint density at radius 3 is 2.25 bits per heavy atom. The van der Waals surface area contributed by atoms with Crippen LogP contribution in [0, 0.1) is 5.92 Å². The summed E-state index contributed by atoms with van der Waals surface area (Å²) < 4.78 is 67.3. The number of sulfonamides is 1. The molecule has 1 fully saturated rings. The molecule has 3 rings (SSSR count). The van der Waals surface area contributed by atoms with E-state index in [1.54, 1.807) is 4.90 Å². The molecule has 0 aromatic heterocycles. The zero-order valence-corrected chi connectivity index (χ0v) is 27.0. The van der Waals surface area contributed by atoms with Gasteiger partial charge in [0, 0.05) is 55.5 Å². The standard InChI is InChI=1S/C31H40ClF3N4O4S/c1-5-6-29(40)23(4)22(3)17-21(2)11-12-36-30(41)37-26-7-9-28(10-8-26)44(42,43)39-15-13-38(14-16-39)27-19-24(31(33,34)35)18-25(32)20-27/h7-10,18-21H,5-6,11-17H2,1-4H3,(H2,36,37,41)/b23-22+. The summed E-state index contributed by atoms with van der Waals surface area (Å²) in [4.78, 5) is 26.2. The quantitative estimate of drug-likeness (QED) is 0.237. The van der Waals surface area contributed by atoms with E-state index in [1.165, 1.54) is 34.6 Å². The maximum Gasteiger partial charge on any atom is 0.416 e. The highest BCUT2D eigenvalue weighted by atomic mass is 35.5. The molecule has 1 aliphatic heterocycles. The van der Waals surface area contributed by atoms with Gasteiger partial charge in [-0.15, -0.1) is 0 Å². The number of halogens is 4. The van der Waals surface area contributed by atoms with Gasteiger partial charge in [-0.05, 0) is 87.1 Å². The maximum absolute atomic E-state index is 13.2. The van der Waals surface area contributed by atoms with Crippen LogP contribution >= 0.6 is 11.6 Å². The first-order chi connectivity index (χ1) is 20.6. The van der Waals surface area contributed by atoms with Crippen molar-refractivity contribution in [1.82, 2.24) is 9.62 Å². The molecule has 1 unspecified atom stereocenters. The van der Waals surface area contributed by atoms with Gasteiger partial charge in [0.25, 0.3) is 0 Å². The van der Waals surface area contributed by atoms with Crippen LogP contribution in [0.4, 0.5) is 29.3 Å². The Kier molecular flexibility index (Phi) is 12.3. The fourth-order valence-electron chi connectivity index (χ4n) is 5.00. The lowest BCUT2D eigenvalue weighted by Crippen LogP contribution is -2.48. The highest BCUT2D eigenvalue weighted by Crippen LogP contribution is 2.35. The van der Waals surface area contributed by atoms with Gasteiger partial charge in [-0.2, -0.15) is 17.5 Å². The Labute approximate surface area is 262 Å². The second-order valence-electron chi connectivity index (χ2n) is 11.2. The molecule has 0 saturated carbocycles. The molecule has 1 saturated heterocycles. The first-order valence-corrected chi connectivity index (χ1v) is 16.4. The number of hydrogen-bond donors (Lipinski definition) is 2. The normalized spacial score (nSPS) is 15.9. The number of alkyl halides is 3. The molecule has 0 aliphatic carbocycles. The topological polar surface area (TPSA) is 98.8 Å². The number of nitrogens with one attached hydrogen (secondary N) is 2. The summed E-state index contributed by atoms with van der Waals surface area (Å²) in [7, 11) is -3.85. The van der Waals surface area contributed by atoms with E-state index in [0.717, 1.165) is 42.5 Å². The SMILES string of the molecule is CCCC(=O)/C(C)=C(\C)CC(C)CCNC(=O)Nc1ccc(S(=O)(=O)N2CCN(c3cc(Cl)cc(C(F)(F)F)c3)CC2)cc1. The van der Waals surface area contributed by atoms with Gasteiger partial charge >= 0.3 is 12.2 Å². The van der Waals surface area contributed by atoms with E-state index in [1.807, 2.05) is 20.8 Å². The number of benzene rings is 2. The van der Waals surface area contributed by atoms with Crippen molar-refractivity contribution in [2.24, 2.45) is 5.92 Å². The number of Topliss-reactive ketones (excluding diaryl/α,β-unsaturated/α-hetero) is 1. The van der Waals surface area contributed by atoms with Crippen molar-refractivity contribution in [2.75, 3.05) is 42.9 Å². The van der Waals surface area contributed by atoms with Gasteiger partial charge in [0.05, 0.1) is 10.5 Å². The number of urea groups is 1. The average Bonchev–Trinajstić information content (AvgIpc) is 2.96. The predicted molar refractivity (Wildman–Crippen MR) is 168 cm³/mol. The minimum atomic E-state index is -4.54. The van der Waals surface area contributed by atoms with E-state index in [2.05, 4.69) is 17.6 Å². The van der Waals surface area contributed by atoms with Crippen molar-refractivity contribution >= 4 is 44.8 Å². The molecular weight excluding hydrogens is 617 g/mol. The lowest BCUT2D eigenvalue weighted by molar-refractivity contribution is -0.137. The predicted octanol–water partition coefficient (Wildman–Crippen LogP) is 7.11. The van der Waals surface area contributed by atoms with E-state index in [0.29, 0.717) is 18.7 Å². The van der Waals surface area contributed by atoms with Crippen molar-refractivity contribution in [1.29, 1.82) is 0 Å². The minimum Gasteiger partial charge on any atom is -0.369 e. The summed E-state index contributed by atoms with van der Waals surface area (Å²) in [5.74, 6) is 0.449. The molecule has 13 heteroatoms. The molecule has 44 heavy (non-hydrogen) atoms. The van der Waals surface area contributed by atoms with Gasteiger partial charge in [-0.1, -0.05) is 31.0 Å². The van der Waals surface area contributed by atoms with Crippen molar-refractivity contribution in [3.05, 3.63) is 64.2 Å². The fraction of sp³-hybridized carbons (Fsp3) is 0.484. The molecule has 2 N–H and O–H groups in total. The average molecular weight is 657 g/mol. The Morgan fingerprint density at radius 1 is 1.02 bits per heavy atom. The second-order valence-corrected chi connectivity index (χ2v) is 13.5. The first-order valence-electron chi connectivity index (χ1n) is 14.6. The molecule has 1 heterocycles. The van der Waals surface area contributed by atoms with Crippen LogP contribution in [0.15, 0.2) is 58.5 Å². The number of amides is 2. The summed E-state index contributed by atoms with van der Waals surface area (Å²) >= 11 is 5.91. The van der Waals surface area contributed by atoms with Crippen LogP contribution in [0.2, 0.25) is 5.02 Å². The summed E-state index contributed by atoms with van der Waals surface area (Å²) in [5.41, 5.74) is 1.73. The molecule has 2 amide bonds. The number of piperazine rings is 1. The lowest BCUT2D eigenvalue weighted by atomic mass is 9.94. The Morgan fingerprint density at radius 2 is 1.66 bits per heavy atom. The molecule has 1 atom stereocenters. The van der Waals surface area contributed by atoms with Crippen LogP contribution in [0.3, 0.4) is 0 Å². The molecule has 0 spiro atoms. The zero-order valence-electron chi connectivity index (χ0n) is 25.4. The van der Waals surface area contributed by atoms with Gasteiger partial charge in [-0.25, -0.2) is 13.2 Å². The molecule has 2 aromatic carbocycles. The van der Waals surface area contributed by atoms with Crippen LogP contribution in [0.1, 0.15) is 58.9 Å². The monoisotopic (exact) mass is 656 g/mol. The van der Waals surface area contributed by atoms with Crippen molar-refractivity contribution < 1.29 is 31.2 Å². The third-order valence-electron chi connectivity index (χ3n) is 7.68. The van der Waals surface area contributed by atoms with E-state index in [4.69, 9.17) is 11.6 Å². The minimum absolute atomic E-state index is 0.0451. The Hall–Kier alpha value is -3.09. The van der Waals surface area contributed by atoms with Crippen molar-refractivity contribution in [2.45, 2.75) is 64.5 Å². The molecule has 242 valence electrons. The van der Waals surface area contributed by atoms with Crippen molar-refractivity contribution in [3.63, 3.8) is 0 Å². The summed E-state index contributed by atoms with van der Waals surface area (Å²) in [6, 6.07) is 8.70. The highest BCUT2D eigenvalue weighted by molar-refractivity contribution is 7.89. The third kappa shape index (κ3) is 9.70. The first kappa shape index (κ1) is 35.4.